The quantitative estimate of drug-likeness (QED) is 0.825. The standard InChI is InChI=1S/C14H14N2OS/c1-7-6-10-11(9-5-3-2-4-8(7)9)12(13(15)17)14(16)18-10/h2-5,7H,6,16H2,1H3,(H2,15,17). The number of benzene rings is 1. The molecule has 1 atom stereocenters. The fraction of sp³-hybridized carbons (Fsp3) is 0.214. The van der Waals surface area contributed by atoms with Crippen LogP contribution in [0.5, 0.6) is 0 Å². The number of thiophene rings is 1. The highest BCUT2D eigenvalue weighted by Gasteiger charge is 2.29. The molecule has 0 bridgehead atoms. The number of primary amides is 1. The van der Waals surface area contributed by atoms with Gasteiger partial charge >= 0.3 is 0 Å². The molecule has 3 nitrogen and oxygen atoms in total. The van der Waals surface area contributed by atoms with Gasteiger partial charge in [-0.2, -0.15) is 0 Å². The van der Waals surface area contributed by atoms with E-state index >= 15 is 0 Å². The first-order chi connectivity index (χ1) is 8.59. The van der Waals surface area contributed by atoms with Gasteiger partial charge in [-0.3, -0.25) is 4.79 Å². The number of nitrogen functional groups attached to an aromatic ring is 1. The molecule has 0 radical (unpaired) electrons. The molecule has 1 heterocycles. The zero-order chi connectivity index (χ0) is 12.9. The van der Waals surface area contributed by atoms with Crippen LogP contribution in [-0.4, -0.2) is 5.91 Å². The molecule has 1 amide bonds. The zero-order valence-electron chi connectivity index (χ0n) is 10.1. The Morgan fingerprint density at radius 1 is 1.39 bits per heavy atom. The van der Waals surface area contributed by atoms with Crippen molar-refractivity contribution in [2.24, 2.45) is 5.73 Å². The Hall–Kier alpha value is -1.81. The minimum absolute atomic E-state index is 0.436. The van der Waals surface area contributed by atoms with E-state index in [0.29, 0.717) is 16.5 Å². The summed E-state index contributed by atoms with van der Waals surface area (Å²) < 4.78 is 0. The molecule has 3 rings (SSSR count). The normalized spacial score (nSPS) is 17.1. The van der Waals surface area contributed by atoms with Crippen LogP contribution in [0.4, 0.5) is 5.00 Å². The molecule has 4 N–H and O–H groups in total. The molecule has 1 aromatic heterocycles. The third-order valence-corrected chi connectivity index (χ3v) is 4.55. The van der Waals surface area contributed by atoms with Crippen LogP contribution < -0.4 is 11.5 Å². The average molecular weight is 258 g/mol. The van der Waals surface area contributed by atoms with Gasteiger partial charge in [0.15, 0.2) is 0 Å². The predicted octanol–water partition coefficient (Wildman–Crippen LogP) is 2.76. The number of anilines is 1. The molecule has 92 valence electrons. The number of hydrogen-bond acceptors (Lipinski definition) is 3. The summed E-state index contributed by atoms with van der Waals surface area (Å²) in [7, 11) is 0. The van der Waals surface area contributed by atoms with Crippen molar-refractivity contribution in [2.45, 2.75) is 19.3 Å². The summed E-state index contributed by atoms with van der Waals surface area (Å²) in [4.78, 5) is 12.8. The van der Waals surface area contributed by atoms with Crippen LogP contribution in [0.1, 0.15) is 33.6 Å². The highest BCUT2D eigenvalue weighted by molar-refractivity contribution is 7.17. The lowest BCUT2D eigenvalue weighted by molar-refractivity contribution is 0.100. The number of amides is 1. The molecule has 0 fully saturated rings. The third-order valence-electron chi connectivity index (χ3n) is 3.51. The Labute approximate surface area is 109 Å². The van der Waals surface area contributed by atoms with E-state index in [4.69, 9.17) is 11.5 Å². The monoisotopic (exact) mass is 258 g/mol. The molecule has 0 saturated heterocycles. The highest BCUT2D eigenvalue weighted by Crippen LogP contribution is 2.47. The van der Waals surface area contributed by atoms with Gasteiger partial charge in [0.2, 0.25) is 0 Å². The molecule has 0 saturated carbocycles. The van der Waals surface area contributed by atoms with Gasteiger partial charge in [-0.1, -0.05) is 31.2 Å². The molecule has 1 aliphatic carbocycles. The average Bonchev–Trinajstić information content (AvgIpc) is 2.66. The van der Waals surface area contributed by atoms with Crippen LogP contribution in [0, 0.1) is 0 Å². The molecule has 18 heavy (non-hydrogen) atoms. The fourth-order valence-corrected chi connectivity index (χ4v) is 3.93. The minimum Gasteiger partial charge on any atom is -0.390 e. The van der Waals surface area contributed by atoms with Crippen LogP contribution >= 0.6 is 11.3 Å². The first-order valence-electron chi connectivity index (χ1n) is 5.89. The van der Waals surface area contributed by atoms with E-state index in [1.807, 2.05) is 18.2 Å². The number of fused-ring (bicyclic) bond motifs is 3. The number of nitrogens with two attached hydrogens (primary N) is 2. The maximum absolute atomic E-state index is 11.6. The summed E-state index contributed by atoms with van der Waals surface area (Å²) in [5, 5.41) is 0.538. The van der Waals surface area contributed by atoms with Crippen molar-refractivity contribution in [3.63, 3.8) is 0 Å². The maximum atomic E-state index is 11.6. The number of carbonyl (C=O) groups excluding carboxylic acids is 1. The van der Waals surface area contributed by atoms with Gasteiger partial charge in [0.25, 0.3) is 5.91 Å². The number of hydrogen-bond donors (Lipinski definition) is 2. The highest BCUT2D eigenvalue weighted by atomic mass is 32.1. The van der Waals surface area contributed by atoms with Crippen molar-refractivity contribution in [1.82, 2.24) is 0 Å². The molecule has 2 aromatic rings. The van der Waals surface area contributed by atoms with Gasteiger partial charge in [0.05, 0.1) is 10.6 Å². The SMILES string of the molecule is CC1Cc2sc(N)c(C(N)=O)c2-c2ccccc21. The second-order valence-corrected chi connectivity index (χ2v) is 5.83. The van der Waals surface area contributed by atoms with Gasteiger partial charge in [-0.05, 0) is 23.5 Å². The fourth-order valence-electron chi connectivity index (χ4n) is 2.71. The Bertz CT molecular complexity index is 645. The molecule has 0 spiro atoms. The van der Waals surface area contributed by atoms with E-state index in [1.165, 1.54) is 21.8 Å². The van der Waals surface area contributed by atoms with Crippen molar-refractivity contribution in [2.75, 3.05) is 5.73 Å². The lowest BCUT2D eigenvalue weighted by Crippen LogP contribution is -2.15. The van der Waals surface area contributed by atoms with Crippen molar-refractivity contribution >= 4 is 22.2 Å². The molecule has 1 unspecified atom stereocenters. The second-order valence-electron chi connectivity index (χ2n) is 4.70. The molecular formula is C14H14N2OS. The number of rotatable bonds is 1. The van der Waals surface area contributed by atoms with E-state index in [2.05, 4.69) is 13.0 Å². The van der Waals surface area contributed by atoms with E-state index in [1.54, 1.807) is 0 Å². The third kappa shape index (κ3) is 1.46. The van der Waals surface area contributed by atoms with Crippen LogP contribution in [0.3, 0.4) is 0 Å². The zero-order valence-corrected chi connectivity index (χ0v) is 10.9. The van der Waals surface area contributed by atoms with Gasteiger partial charge in [-0.15, -0.1) is 11.3 Å². The van der Waals surface area contributed by atoms with Crippen molar-refractivity contribution in [3.8, 4) is 11.1 Å². The first kappa shape index (κ1) is 11.3. The lowest BCUT2D eigenvalue weighted by Gasteiger charge is -2.23. The summed E-state index contributed by atoms with van der Waals surface area (Å²) in [5.41, 5.74) is 15.2. The van der Waals surface area contributed by atoms with Gasteiger partial charge in [0, 0.05) is 10.4 Å². The maximum Gasteiger partial charge on any atom is 0.252 e. The molecule has 1 aromatic carbocycles. The second kappa shape index (κ2) is 3.85. The first-order valence-corrected chi connectivity index (χ1v) is 6.71. The van der Waals surface area contributed by atoms with E-state index in [0.717, 1.165) is 17.5 Å². The van der Waals surface area contributed by atoms with Crippen LogP contribution in [-0.2, 0) is 6.42 Å². The lowest BCUT2D eigenvalue weighted by atomic mass is 9.82. The van der Waals surface area contributed by atoms with E-state index in [9.17, 15) is 4.79 Å². The van der Waals surface area contributed by atoms with Crippen molar-refractivity contribution < 1.29 is 4.79 Å². The van der Waals surface area contributed by atoms with Crippen LogP contribution in [0.2, 0.25) is 0 Å². The summed E-state index contributed by atoms with van der Waals surface area (Å²) in [6, 6.07) is 8.17. The summed E-state index contributed by atoms with van der Waals surface area (Å²) in [6.07, 6.45) is 0.925. The van der Waals surface area contributed by atoms with Crippen LogP contribution in [0.25, 0.3) is 11.1 Å². The van der Waals surface area contributed by atoms with Crippen molar-refractivity contribution in [3.05, 3.63) is 40.3 Å². The largest absolute Gasteiger partial charge is 0.390 e. The summed E-state index contributed by atoms with van der Waals surface area (Å²) in [6.45, 7) is 2.20. The molecule has 4 heteroatoms. The van der Waals surface area contributed by atoms with E-state index < -0.39 is 5.91 Å². The Balaban J connectivity index is 2.35. The van der Waals surface area contributed by atoms with Gasteiger partial charge in [-0.25, -0.2) is 0 Å². The Morgan fingerprint density at radius 3 is 2.83 bits per heavy atom. The van der Waals surface area contributed by atoms with E-state index in [-0.39, 0.29) is 0 Å². The van der Waals surface area contributed by atoms with Gasteiger partial charge < -0.3 is 11.5 Å². The molecule has 0 aliphatic heterocycles. The smallest absolute Gasteiger partial charge is 0.252 e. The Kier molecular flexibility index (Phi) is 2.41. The predicted molar refractivity (Wildman–Crippen MR) is 74.8 cm³/mol. The van der Waals surface area contributed by atoms with Gasteiger partial charge in [0.1, 0.15) is 0 Å². The van der Waals surface area contributed by atoms with Crippen molar-refractivity contribution in [1.29, 1.82) is 0 Å². The topological polar surface area (TPSA) is 69.1 Å². The minimum atomic E-state index is -0.436. The summed E-state index contributed by atoms with van der Waals surface area (Å²) >= 11 is 1.49. The molecular weight excluding hydrogens is 244 g/mol. The van der Waals surface area contributed by atoms with Crippen LogP contribution in [0.15, 0.2) is 24.3 Å². The number of carbonyl (C=O) groups is 1. The molecule has 1 aliphatic rings. The Morgan fingerprint density at radius 2 is 2.11 bits per heavy atom. The summed E-state index contributed by atoms with van der Waals surface area (Å²) in [5.74, 6) is 0.0156.